The van der Waals surface area contributed by atoms with Crippen molar-refractivity contribution in [3.63, 3.8) is 0 Å². The average Bonchev–Trinajstić information content (AvgIpc) is 3.35. The number of hydrogen-bond acceptors (Lipinski definition) is 5. The largest absolute Gasteiger partial charge is 0.337 e. The standard InChI is InChI=1S/C21H31N7/c1-5-6-11-28-21(24-25-26-28)20(19-14-17(3)16(2)13-18(19)4)23-8-7-10-27-12-9-22-15-27/h9,12-15,20,23H,5-8,10-11H2,1-4H3. The molecular formula is C21H31N7. The molecule has 2 aromatic heterocycles. The van der Waals surface area contributed by atoms with Crippen LogP contribution in [0.15, 0.2) is 30.9 Å². The fraction of sp³-hybridized carbons (Fsp3) is 0.524. The molecule has 1 atom stereocenters. The number of nitrogens with zero attached hydrogens (tertiary/aromatic N) is 6. The molecule has 7 heteroatoms. The zero-order valence-corrected chi connectivity index (χ0v) is 17.4. The Kier molecular flexibility index (Phi) is 6.92. The van der Waals surface area contributed by atoms with Crippen molar-refractivity contribution in [2.45, 2.75) is 66.1 Å². The number of hydrogen-bond donors (Lipinski definition) is 1. The summed E-state index contributed by atoms with van der Waals surface area (Å²) in [6.45, 7) is 11.3. The first-order chi connectivity index (χ1) is 13.6. The summed E-state index contributed by atoms with van der Waals surface area (Å²) >= 11 is 0. The van der Waals surface area contributed by atoms with Crippen LogP contribution >= 0.6 is 0 Å². The first kappa shape index (κ1) is 20.2. The summed E-state index contributed by atoms with van der Waals surface area (Å²) in [5.41, 5.74) is 5.11. The fourth-order valence-corrected chi connectivity index (χ4v) is 3.45. The van der Waals surface area contributed by atoms with Gasteiger partial charge in [-0.15, -0.1) is 5.10 Å². The Morgan fingerprint density at radius 3 is 2.61 bits per heavy atom. The van der Waals surface area contributed by atoms with Crippen molar-refractivity contribution in [3.05, 3.63) is 58.9 Å². The predicted octanol–water partition coefficient (Wildman–Crippen LogP) is 3.36. The highest BCUT2D eigenvalue weighted by atomic mass is 15.5. The number of unbranched alkanes of at least 4 members (excludes halogenated alkanes) is 1. The van der Waals surface area contributed by atoms with Crippen LogP contribution in [0.5, 0.6) is 0 Å². The molecule has 3 aromatic rings. The van der Waals surface area contributed by atoms with Crippen LogP contribution in [0.1, 0.15) is 60.3 Å². The van der Waals surface area contributed by atoms with E-state index in [1.807, 2.05) is 23.4 Å². The first-order valence-corrected chi connectivity index (χ1v) is 10.1. The minimum atomic E-state index is -0.0195. The van der Waals surface area contributed by atoms with E-state index in [1.54, 1.807) is 0 Å². The van der Waals surface area contributed by atoms with Crippen LogP contribution in [0.25, 0.3) is 0 Å². The smallest absolute Gasteiger partial charge is 0.172 e. The maximum atomic E-state index is 4.39. The highest BCUT2D eigenvalue weighted by molar-refractivity contribution is 5.40. The van der Waals surface area contributed by atoms with Gasteiger partial charge in [0.2, 0.25) is 0 Å². The van der Waals surface area contributed by atoms with Crippen molar-refractivity contribution < 1.29 is 0 Å². The molecule has 0 fully saturated rings. The van der Waals surface area contributed by atoms with Crippen LogP contribution < -0.4 is 5.32 Å². The Balaban J connectivity index is 1.82. The van der Waals surface area contributed by atoms with Crippen LogP contribution in [-0.2, 0) is 13.1 Å². The van der Waals surface area contributed by atoms with Gasteiger partial charge in [0.05, 0.1) is 12.4 Å². The van der Waals surface area contributed by atoms with E-state index in [1.165, 1.54) is 22.3 Å². The van der Waals surface area contributed by atoms with E-state index in [4.69, 9.17) is 0 Å². The van der Waals surface area contributed by atoms with Crippen molar-refractivity contribution in [1.82, 2.24) is 35.1 Å². The summed E-state index contributed by atoms with van der Waals surface area (Å²) in [5, 5.41) is 16.3. The van der Waals surface area contributed by atoms with Gasteiger partial charge in [-0.2, -0.15) is 0 Å². The first-order valence-electron chi connectivity index (χ1n) is 10.1. The van der Waals surface area contributed by atoms with Crippen LogP contribution in [0, 0.1) is 20.8 Å². The second kappa shape index (κ2) is 9.59. The fourth-order valence-electron chi connectivity index (χ4n) is 3.45. The summed E-state index contributed by atoms with van der Waals surface area (Å²) < 4.78 is 4.05. The van der Waals surface area contributed by atoms with E-state index in [0.29, 0.717) is 0 Å². The van der Waals surface area contributed by atoms with Gasteiger partial charge in [0.1, 0.15) is 0 Å². The molecule has 0 bridgehead atoms. The van der Waals surface area contributed by atoms with Gasteiger partial charge in [0.25, 0.3) is 0 Å². The molecule has 0 radical (unpaired) electrons. The lowest BCUT2D eigenvalue weighted by molar-refractivity contribution is 0.476. The molecule has 0 aliphatic rings. The average molecular weight is 382 g/mol. The topological polar surface area (TPSA) is 73.5 Å². The Hall–Kier alpha value is -2.54. The second-order valence-electron chi connectivity index (χ2n) is 7.45. The SMILES string of the molecule is CCCCn1nnnc1C(NCCCn1ccnc1)c1cc(C)c(C)cc1C. The van der Waals surface area contributed by atoms with Gasteiger partial charge >= 0.3 is 0 Å². The monoisotopic (exact) mass is 381 g/mol. The minimum absolute atomic E-state index is 0.0195. The third-order valence-corrected chi connectivity index (χ3v) is 5.24. The van der Waals surface area contributed by atoms with Gasteiger partial charge in [0, 0.05) is 25.5 Å². The summed E-state index contributed by atoms with van der Waals surface area (Å²) in [6.07, 6.45) is 8.86. The number of aromatic nitrogens is 6. The number of tetrazole rings is 1. The third kappa shape index (κ3) is 4.84. The Morgan fingerprint density at radius 1 is 1.04 bits per heavy atom. The van der Waals surface area contributed by atoms with Gasteiger partial charge in [-0.25, -0.2) is 9.67 Å². The molecule has 0 saturated heterocycles. The molecule has 2 heterocycles. The van der Waals surface area contributed by atoms with E-state index in [0.717, 1.165) is 44.7 Å². The maximum Gasteiger partial charge on any atom is 0.172 e. The molecule has 3 rings (SSSR count). The van der Waals surface area contributed by atoms with Crippen LogP contribution in [0.2, 0.25) is 0 Å². The van der Waals surface area contributed by atoms with E-state index in [-0.39, 0.29) is 6.04 Å². The highest BCUT2D eigenvalue weighted by Gasteiger charge is 2.22. The van der Waals surface area contributed by atoms with E-state index < -0.39 is 0 Å². The molecule has 1 N–H and O–H groups in total. The summed E-state index contributed by atoms with van der Waals surface area (Å²) in [5.74, 6) is 0.891. The lowest BCUT2D eigenvalue weighted by atomic mass is 9.95. The molecule has 1 unspecified atom stereocenters. The molecule has 7 nitrogen and oxygen atoms in total. The number of aryl methyl sites for hydroxylation is 5. The Labute approximate surface area is 167 Å². The quantitative estimate of drug-likeness (QED) is 0.545. The molecule has 0 amide bonds. The number of rotatable bonds is 10. The molecule has 0 saturated carbocycles. The van der Waals surface area contributed by atoms with Crippen molar-refractivity contribution >= 4 is 0 Å². The maximum absolute atomic E-state index is 4.39. The van der Waals surface area contributed by atoms with E-state index in [2.05, 4.69) is 70.2 Å². The molecule has 150 valence electrons. The van der Waals surface area contributed by atoms with Crippen molar-refractivity contribution in [3.8, 4) is 0 Å². The number of imidazole rings is 1. The number of benzene rings is 1. The second-order valence-corrected chi connectivity index (χ2v) is 7.45. The lowest BCUT2D eigenvalue weighted by Gasteiger charge is -2.22. The van der Waals surface area contributed by atoms with Crippen molar-refractivity contribution in [2.24, 2.45) is 0 Å². The lowest BCUT2D eigenvalue weighted by Crippen LogP contribution is -2.28. The van der Waals surface area contributed by atoms with Crippen LogP contribution in [0.4, 0.5) is 0 Å². The minimum Gasteiger partial charge on any atom is -0.337 e. The van der Waals surface area contributed by atoms with Gasteiger partial charge in [-0.1, -0.05) is 25.5 Å². The number of nitrogens with one attached hydrogen (secondary N) is 1. The van der Waals surface area contributed by atoms with Gasteiger partial charge in [0.15, 0.2) is 5.82 Å². The Bertz CT molecular complexity index is 867. The third-order valence-electron chi connectivity index (χ3n) is 5.24. The molecule has 0 spiro atoms. The highest BCUT2D eigenvalue weighted by Crippen LogP contribution is 2.26. The summed E-state index contributed by atoms with van der Waals surface area (Å²) in [4.78, 5) is 4.11. The van der Waals surface area contributed by atoms with E-state index >= 15 is 0 Å². The molecule has 28 heavy (non-hydrogen) atoms. The van der Waals surface area contributed by atoms with Gasteiger partial charge < -0.3 is 9.88 Å². The summed E-state index contributed by atoms with van der Waals surface area (Å²) in [6, 6.07) is 4.51. The van der Waals surface area contributed by atoms with Gasteiger partial charge in [-0.05, 0) is 72.8 Å². The molecule has 1 aromatic carbocycles. The summed E-state index contributed by atoms with van der Waals surface area (Å²) in [7, 11) is 0. The van der Waals surface area contributed by atoms with Crippen molar-refractivity contribution in [1.29, 1.82) is 0 Å². The molecular weight excluding hydrogens is 350 g/mol. The predicted molar refractivity (Wildman–Crippen MR) is 110 cm³/mol. The van der Waals surface area contributed by atoms with E-state index in [9.17, 15) is 0 Å². The molecule has 0 aliphatic carbocycles. The Morgan fingerprint density at radius 2 is 1.86 bits per heavy atom. The normalized spacial score (nSPS) is 12.4. The zero-order valence-electron chi connectivity index (χ0n) is 17.4. The zero-order chi connectivity index (χ0) is 19.9. The van der Waals surface area contributed by atoms with Gasteiger partial charge in [-0.3, -0.25) is 0 Å². The molecule has 0 aliphatic heterocycles. The van der Waals surface area contributed by atoms with Crippen LogP contribution in [-0.4, -0.2) is 36.3 Å². The van der Waals surface area contributed by atoms with Crippen LogP contribution in [0.3, 0.4) is 0 Å². The van der Waals surface area contributed by atoms with Crippen molar-refractivity contribution in [2.75, 3.05) is 6.54 Å².